The van der Waals surface area contributed by atoms with Crippen LogP contribution in [-0.2, 0) is 9.47 Å². The molecule has 0 saturated carbocycles. The van der Waals surface area contributed by atoms with Gasteiger partial charge in [-0.1, -0.05) is 30.3 Å². The molecule has 1 aromatic rings. The highest BCUT2D eigenvalue weighted by atomic mass is 16.5. The van der Waals surface area contributed by atoms with E-state index in [0.717, 1.165) is 0 Å². The number of ketones is 1. The summed E-state index contributed by atoms with van der Waals surface area (Å²) in [4.78, 5) is 11.6. The third-order valence-corrected chi connectivity index (χ3v) is 2.01. The maximum atomic E-state index is 11.6. The molecule has 0 aliphatic heterocycles. The SMILES string of the molecule is CC(C)OCCOCC(=O)c1ccccc1. The molecular formula is C13H18O3. The molecule has 0 radical (unpaired) electrons. The average molecular weight is 222 g/mol. The van der Waals surface area contributed by atoms with Gasteiger partial charge in [-0.15, -0.1) is 0 Å². The lowest BCUT2D eigenvalue weighted by atomic mass is 10.1. The molecule has 0 amide bonds. The van der Waals surface area contributed by atoms with Crippen LogP contribution in [0.15, 0.2) is 30.3 Å². The first-order chi connectivity index (χ1) is 7.70. The quantitative estimate of drug-likeness (QED) is 0.524. The average Bonchev–Trinajstić information content (AvgIpc) is 2.29. The summed E-state index contributed by atoms with van der Waals surface area (Å²) < 4.78 is 10.5. The van der Waals surface area contributed by atoms with Crippen LogP contribution in [0.5, 0.6) is 0 Å². The van der Waals surface area contributed by atoms with Gasteiger partial charge >= 0.3 is 0 Å². The lowest BCUT2D eigenvalue weighted by Gasteiger charge is -2.07. The number of Topliss-reactive ketones (excluding diaryl/α,β-unsaturated/α-hetero) is 1. The van der Waals surface area contributed by atoms with Crippen molar-refractivity contribution >= 4 is 5.78 Å². The fourth-order valence-corrected chi connectivity index (χ4v) is 1.21. The number of carbonyl (C=O) groups excluding carboxylic acids is 1. The van der Waals surface area contributed by atoms with Gasteiger partial charge in [0.05, 0.1) is 19.3 Å². The molecule has 0 unspecified atom stereocenters. The number of hydrogen-bond donors (Lipinski definition) is 0. The van der Waals surface area contributed by atoms with Crippen LogP contribution in [0.1, 0.15) is 24.2 Å². The highest BCUT2D eigenvalue weighted by Gasteiger charge is 2.04. The van der Waals surface area contributed by atoms with Crippen molar-refractivity contribution in [3.05, 3.63) is 35.9 Å². The van der Waals surface area contributed by atoms with E-state index in [1.165, 1.54) is 0 Å². The van der Waals surface area contributed by atoms with Gasteiger partial charge in [0.1, 0.15) is 6.61 Å². The summed E-state index contributed by atoms with van der Waals surface area (Å²) in [6.07, 6.45) is 0.202. The van der Waals surface area contributed by atoms with Gasteiger partial charge in [0, 0.05) is 5.56 Å². The zero-order valence-corrected chi connectivity index (χ0v) is 9.81. The number of ether oxygens (including phenoxy) is 2. The van der Waals surface area contributed by atoms with Gasteiger partial charge in [-0.05, 0) is 13.8 Å². The Labute approximate surface area is 96.4 Å². The Balaban J connectivity index is 2.16. The normalized spacial score (nSPS) is 10.7. The fraction of sp³-hybridized carbons (Fsp3) is 0.462. The molecule has 1 rings (SSSR count). The monoisotopic (exact) mass is 222 g/mol. The first-order valence-electron chi connectivity index (χ1n) is 5.47. The number of benzene rings is 1. The minimum absolute atomic E-state index is 0.00477. The van der Waals surface area contributed by atoms with Crippen molar-refractivity contribution in [2.75, 3.05) is 19.8 Å². The molecule has 88 valence electrons. The van der Waals surface area contributed by atoms with Crippen LogP contribution in [0.3, 0.4) is 0 Å². The van der Waals surface area contributed by atoms with Crippen LogP contribution in [0, 0.1) is 0 Å². The Morgan fingerprint density at radius 2 is 1.88 bits per heavy atom. The van der Waals surface area contributed by atoms with Crippen LogP contribution >= 0.6 is 0 Å². The van der Waals surface area contributed by atoms with Crippen LogP contribution in [-0.4, -0.2) is 31.7 Å². The van der Waals surface area contributed by atoms with Gasteiger partial charge in [0.15, 0.2) is 5.78 Å². The number of carbonyl (C=O) groups is 1. The Hall–Kier alpha value is -1.19. The van der Waals surface area contributed by atoms with Crippen LogP contribution in [0.25, 0.3) is 0 Å². The van der Waals surface area contributed by atoms with Gasteiger partial charge < -0.3 is 9.47 Å². The smallest absolute Gasteiger partial charge is 0.188 e. The van der Waals surface area contributed by atoms with Crippen LogP contribution in [0.4, 0.5) is 0 Å². The molecule has 0 bridgehead atoms. The summed E-state index contributed by atoms with van der Waals surface area (Å²) in [5.74, 6) is 0.00477. The van der Waals surface area contributed by atoms with Crippen molar-refractivity contribution in [3.63, 3.8) is 0 Å². The van der Waals surface area contributed by atoms with Crippen molar-refractivity contribution < 1.29 is 14.3 Å². The first kappa shape index (κ1) is 12.9. The van der Waals surface area contributed by atoms with E-state index >= 15 is 0 Å². The maximum Gasteiger partial charge on any atom is 0.188 e. The van der Waals surface area contributed by atoms with Crippen molar-refractivity contribution in [2.24, 2.45) is 0 Å². The molecule has 1 aromatic carbocycles. The van der Waals surface area contributed by atoms with Gasteiger partial charge in [0.2, 0.25) is 0 Å². The molecular weight excluding hydrogens is 204 g/mol. The highest BCUT2D eigenvalue weighted by molar-refractivity contribution is 5.96. The number of rotatable bonds is 7. The standard InChI is InChI=1S/C13H18O3/c1-11(2)16-9-8-15-10-13(14)12-6-4-3-5-7-12/h3-7,11H,8-10H2,1-2H3. The summed E-state index contributed by atoms with van der Waals surface area (Å²) >= 11 is 0. The van der Waals surface area contributed by atoms with E-state index in [0.29, 0.717) is 18.8 Å². The van der Waals surface area contributed by atoms with E-state index in [1.807, 2.05) is 32.0 Å². The molecule has 0 N–H and O–H groups in total. The van der Waals surface area contributed by atoms with E-state index in [-0.39, 0.29) is 18.5 Å². The largest absolute Gasteiger partial charge is 0.376 e. The molecule has 0 atom stereocenters. The zero-order chi connectivity index (χ0) is 11.8. The maximum absolute atomic E-state index is 11.6. The van der Waals surface area contributed by atoms with Crippen molar-refractivity contribution in [2.45, 2.75) is 20.0 Å². The highest BCUT2D eigenvalue weighted by Crippen LogP contribution is 2.00. The fourth-order valence-electron chi connectivity index (χ4n) is 1.21. The molecule has 0 heterocycles. The van der Waals surface area contributed by atoms with E-state index in [9.17, 15) is 4.79 Å². The van der Waals surface area contributed by atoms with E-state index < -0.39 is 0 Å². The zero-order valence-electron chi connectivity index (χ0n) is 9.81. The Kier molecular flexibility index (Phi) is 5.75. The predicted molar refractivity (Wildman–Crippen MR) is 62.7 cm³/mol. The lowest BCUT2D eigenvalue weighted by molar-refractivity contribution is 0.0208. The van der Waals surface area contributed by atoms with E-state index in [1.54, 1.807) is 12.1 Å². The minimum atomic E-state index is 0.00477. The summed E-state index contributed by atoms with van der Waals surface area (Å²) in [6, 6.07) is 9.14. The molecule has 0 aromatic heterocycles. The van der Waals surface area contributed by atoms with Gasteiger partial charge in [-0.25, -0.2) is 0 Å². The van der Waals surface area contributed by atoms with E-state index in [4.69, 9.17) is 9.47 Å². The first-order valence-corrected chi connectivity index (χ1v) is 5.47. The predicted octanol–water partition coefficient (Wildman–Crippen LogP) is 2.31. The van der Waals surface area contributed by atoms with Crippen molar-refractivity contribution in [3.8, 4) is 0 Å². The van der Waals surface area contributed by atoms with E-state index in [2.05, 4.69) is 0 Å². The topological polar surface area (TPSA) is 35.5 Å². The molecule has 3 nitrogen and oxygen atoms in total. The molecule has 0 saturated heterocycles. The lowest BCUT2D eigenvalue weighted by Crippen LogP contribution is -2.14. The third kappa shape index (κ3) is 5.05. The summed E-state index contributed by atoms with van der Waals surface area (Å²) in [5, 5.41) is 0. The summed E-state index contributed by atoms with van der Waals surface area (Å²) in [5.41, 5.74) is 0.687. The second-order valence-electron chi connectivity index (χ2n) is 3.76. The molecule has 0 fully saturated rings. The molecule has 0 aliphatic carbocycles. The van der Waals surface area contributed by atoms with Crippen molar-refractivity contribution in [1.82, 2.24) is 0 Å². The molecule has 0 spiro atoms. The van der Waals surface area contributed by atoms with Gasteiger partial charge in [-0.3, -0.25) is 4.79 Å². The minimum Gasteiger partial charge on any atom is -0.376 e. The second kappa shape index (κ2) is 7.14. The van der Waals surface area contributed by atoms with Crippen molar-refractivity contribution in [1.29, 1.82) is 0 Å². The summed E-state index contributed by atoms with van der Waals surface area (Å²) in [7, 11) is 0. The molecule has 0 aliphatic rings. The van der Waals surface area contributed by atoms with Gasteiger partial charge in [0.25, 0.3) is 0 Å². The molecule has 16 heavy (non-hydrogen) atoms. The van der Waals surface area contributed by atoms with Gasteiger partial charge in [-0.2, -0.15) is 0 Å². The Morgan fingerprint density at radius 1 is 1.19 bits per heavy atom. The number of hydrogen-bond acceptors (Lipinski definition) is 3. The third-order valence-electron chi connectivity index (χ3n) is 2.01. The summed E-state index contributed by atoms with van der Waals surface area (Å²) in [6.45, 7) is 5.03. The Morgan fingerprint density at radius 3 is 2.50 bits per heavy atom. The molecule has 3 heteroatoms. The second-order valence-corrected chi connectivity index (χ2v) is 3.76. The Bertz CT molecular complexity index is 306. The van der Waals surface area contributed by atoms with Crippen LogP contribution < -0.4 is 0 Å². The van der Waals surface area contributed by atoms with Crippen LogP contribution in [0.2, 0.25) is 0 Å².